The normalized spacial score (nSPS) is 13.4. The van der Waals surface area contributed by atoms with Crippen molar-refractivity contribution in [2.75, 3.05) is 0 Å². The van der Waals surface area contributed by atoms with Crippen molar-refractivity contribution in [3.05, 3.63) is 44.3 Å². The summed E-state index contributed by atoms with van der Waals surface area (Å²) < 4.78 is 27.7. The molecule has 2 aromatic rings. The average molecular weight is 382 g/mol. The highest BCUT2D eigenvalue weighted by Gasteiger charge is 2.22. The SMILES string of the molecule is CC(NS(=O)(=O)c1cc(Br)cnc1Cl)c1cccs1. The van der Waals surface area contributed by atoms with Crippen molar-refractivity contribution < 1.29 is 8.42 Å². The Morgan fingerprint density at radius 3 is 2.89 bits per heavy atom. The van der Waals surface area contributed by atoms with Gasteiger partial charge in [-0.25, -0.2) is 18.1 Å². The number of aromatic nitrogens is 1. The first-order valence-electron chi connectivity index (χ1n) is 5.27. The average Bonchev–Trinajstić information content (AvgIpc) is 2.85. The number of thiophene rings is 1. The van der Waals surface area contributed by atoms with Gasteiger partial charge in [-0.1, -0.05) is 17.7 Å². The monoisotopic (exact) mass is 380 g/mol. The van der Waals surface area contributed by atoms with Crippen molar-refractivity contribution in [3.8, 4) is 0 Å². The molecule has 2 rings (SSSR count). The fourth-order valence-electron chi connectivity index (χ4n) is 1.48. The topological polar surface area (TPSA) is 59.1 Å². The lowest BCUT2D eigenvalue weighted by Gasteiger charge is -2.13. The Hall–Kier alpha value is -0.470. The third-order valence-electron chi connectivity index (χ3n) is 2.36. The Kier molecular flexibility index (Phi) is 4.62. The molecule has 4 nitrogen and oxygen atoms in total. The molecule has 0 amide bonds. The second kappa shape index (κ2) is 5.88. The minimum absolute atomic E-state index is 0.0352. The van der Waals surface area contributed by atoms with Crippen LogP contribution in [0.25, 0.3) is 0 Å². The number of hydrogen-bond acceptors (Lipinski definition) is 4. The zero-order chi connectivity index (χ0) is 14.0. The van der Waals surface area contributed by atoms with Crippen molar-refractivity contribution >= 4 is 48.9 Å². The van der Waals surface area contributed by atoms with E-state index in [-0.39, 0.29) is 16.1 Å². The van der Waals surface area contributed by atoms with Crippen molar-refractivity contribution in [2.24, 2.45) is 0 Å². The number of hydrogen-bond donors (Lipinski definition) is 1. The molecule has 0 aliphatic carbocycles. The lowest BCUT2D eigenvalue weighted by atomic mass is 10.3. The number of sulfonamides is 1. The van der Waals surface area contributed by atoms with Crippen LogP contribution in [0.5, 0.6) is 0 Å². The molecule has 0 fully saturated rings. The number of rotatable bonds is 4. The van der Waals surface area contributed by atoms with E-state index in [4.69, 9.17) is 11.6 Å². The quantitative estimate of drug-likeness (QED) is 0.823. The molecule has 8 heteroatoms. The molecular weight excluding hydrogens is 372 g/mol. The zero-order valence-electron chi connectivity index (χ0n) is 9.80. The Morgan fingerprint density at radius 2 is 2.26 bits per heavy atom. The highest BCUT2D eigenvalue weighted by Crippen LogP contribution is 2.25. The molecule has 0 aromatic carbocycles. The highest BCUT2D eigenvalue weighted by atomic mass is 79.9. The number of halogens is 2. The van der Waals surface area contributed by atoms with E-state index in [0.717, 1.165) is 4.88 Å². The maximum absolute atomic E-state index is 12.3. The van der Waals surface area contributed by atoms with Crippen LogP contribution in [0.3, 0.4) is 0 Å². The Labute approximate surface area is 129 Å². The molecule has 0 radical (unpaired) electrons. The van der Waals surface area contributed by atoms with Crippen molar-refractivity contribution in [1.29, 1.82) is 0 Å². The molecule has 0 saturated heterocycles. The summed E-state index contributed by atoms with van der Waals surface area (Å²) in [6, 6.07) is 4.86. The van der Waals surface area contributed by atoms with Crippen molar-refractivity contribution in [1.82, 2.24) is 9.71 Å². The molecule has 2 heterocycles. The molecule has 0 aliphatic heterocycles. The van der Waals surface area contributed by atoms with Gasteiger partial charge in [0.25, 0.3) is 0 Å². The first-order valence-corrected chi connectivity index (χ1v) is 8.80. The molecule has 0 saturated carbocycles. The Balaban J connectivity index is 2.30. The van der Waals surface area contributed by atoms with Gasteiger partial charge in [0.2, 0.25) is 10.0 Å². The van der Waals surface area contributed by atoms with E-state index < -0.39 is 10.0 Å². The van der Waals surface area contributed by atoms with Crippen LogP contribution in [0, 0.1) is 0 Å². The summed E-state index contributed by atoms with van der Waals surface area (Å²) in [4.78, 5) is 4.71. The summed E-state index contributed by atoms with van der Waals surface area (Å²) in [5.41, 5.74) is 0. The lowest BCUT2D eigenvalue weighted by Crippen LogP contribution is -2.26. The third-order valence-corrected chi connectivity index (χ3v) is 5.82. The molecule has 0 aliphatic rings. The van der Waals surface area contributed by atoms with Gasteiger partial charge in [-0.3, -0.25) is 0 Å². The maximum Gasteiger partial charge on any atom is 0.244 e. The predicted octanol–water partition coefficient (Wildman–Crippen LogP) is 3.60. The smallest absolute Gasteiger partial charge is 0.242 e. The van der Waals surface area contributed by atoms with E-state index in [2.05, 4.69) is 25.6 Å². The van der Waals surface area contributed by atoms with Gasteiger partial charge in [-0.15, -0.1) is 11.3 Å². The molecule has 0 spiro atoms. The van der Waals surface area contributed by atoms with E-state index in [1.165, 1.54) is 23.6 Å². The van der Waals surface area contributed by atoms with Gasteiger partial charge in [-0.2, -0.15) is 0 Å². The van der Waals surface area contributed by atoms with E-state index in [1.54, 1.807) is 6.92 Å². The molecule has 102 valence electrons. The molecular formula is C11H10BrClN2O2S2. The van der Waals surface area contributed by atoms with E-state index in [0.29, 0.717) is 4.47 Å². The van der Waals surface area contributed by atoms with E-state index in [9.17, 15) is 8.42 Å². The van der Waals surface area contributed by atoms with Crippen molar-refractivity contribution in [3.63, 3.8) is 0 Å². The fraction of sp³-hybridized carbons (Fsp3) is 0.182. The van der Waals surface area contributed by atoms with Crippen LogP contribution in [0.4, 0.5) is 0 Å². The van der Waals surface area contributed by atoms with E-state index >= 15 is 0 Å². The first-order chi connectivity index (χ1) is 8.90. The van der Waals surface area contributed by atoms with Gasteiger partial charge in [0.1, 0.15) is 10.0 Å². The largest absolute Gasteiger partial charge is 0.244 e. The third kappa shape index (κ3) is 3.55. The minimum atomic E-state index is -3.71. The molecule has 1 atom stereocenters. The highest BCUT2D eigenvalue weighted by molar-refractivity contribution is 9.10. The summed E-state index contributed by atoms with van der Waals surface area (Å²) in [6.45, 7) is 1.78. The number of nitrogens with one attached hydrogen (secondary N) is 1. The van der Waals surface area contributed by atoms with Gasteiger partial charge in [-0.05, 0) is 40.4 Å². The van der Waals surface area contributed by atoms with Crippen LogP contribution < -0.4 is 4.72 Å². The summed E-state index contributed by atoms with van der Waals surface area (Å²) >= 11 is 10.5. The summed E-state index contributed by atoms with van der Waals surface area (Å²) in [5.74, 6) is 0. The van der Waals surface area contributed by atoms with Crippen LogP contribution in [0.2, 0.25) is 5.15 Å². The van der Waals surface area contributed by atoms with Crippen molar-refractivity contribution in [2.45, 2.75) is 17.9 Å². The first kappa shape index (κ1) is 14.9. The molecule has 1 unspecified atom stereocenters. The molecule has 0 bridgehead atoms. The van der Waals surface area contributed by atoms with Gasteiger partial charge >= 0.3 is 0 Å². The zero-order valence-corrected chi connectivity index (χ0v) is 13.8. The molecule has 1 N–H and O–H groups in total. The second-order valence-corrected chi connectivity index (χ2v) is 7.74. The lowest BCUT2D eigenvalue weighted by molar-refractivity contribution is 0.568. The van der Waals surface area contributed by atoms with Gasteiger partial charge in [0.05, 0.1) is 6.04 Å². The number of nitrogens with zero attached hydrogens (tertiary/aromatic N) is 1. The van der Waals surface area contributed by atoms with Crippen LogP contribution in [-0.4, -0.2) is 13.4 Å². The Morgan fingerprint density at radius 1 is 1.53 bits per heavy atom. The summed E-state index contributed by atoms with van der Waals surface area (Å²) in [5, 5.41) is 1.85. The maximum atomic E-state index is 12.3. The van der Waals surface area contributed by atoms with Gasteiger partial charge in [0, 0.05) is 15.5 Å². The fourth-order valence-corrected chi connectivity index (χ4v) is 4.46. The van der Waals surface area contributed by atoms with Crippen LogP contribution in [0.15, 0.2) is 39.1 Å². The molecule has 2 aromatic heterocycles. The van der Waals surface area contributed by atoms with Gasteiger partial charge < -0.3 is 0 Å². The molecule has 19 heavy (non-hydrogen) atoms. The number of pyridine rings is 1. The summed E-state index contributed by atoms with van der Waals surface area (Å²) in [7, 11) is -3.71. The van der Waals surface area contributed by atoms with E-state index in [1.807, 2.05) is 17.5 Å². The van der Waals surface area contributed by atoms with Crippen LogP contribution in [-0.2, 0) is 10.0 Å². The summed E-state index contributed by atoms with van der Waals surface area (Å²) in [6.07, 6.45) is 1.45. The Bertz CT molecular complexity index is 674. The minimum Gasteiger partial charge on any atom is -0.242 e. The predicted molar refractivity (Wildman–Crippen MR) is 80.0 cm³/mol. The second-order valence-electron chi connectivity index (χ2n) is 3.80. The van der Waals surface area contributed by atoms with Crippen LogP contribution in [0.1, 0.15) is 17.8 Å². The standard InChI is InChI=1S/C11H10BrClN2O2S2/c1-7(9-3-2-4-18-9)15-19(16,17)10-5-8(12)6-14-11(10)13/h2-7,15H,1H3. The van der Waals surface area contributed by atoms with Crippen LogP contribution >= 0.6 is 38.9 Å². The van der Waals surface area contributed by atoms with Gasteiger partial charge in [0.15, 0.2) is 0 Å².